The number of carbonyl (C=O) groups excluding carboxylic acids is 2. The molecule has 0 saturated carbocycles. The monoisotopic (exact) mass is 191 g/mol. The standard InChI is InChI=1S/C10H9NO3/c12-8-11-10(13)6-7-14-9-4-2-1-3-5-9/h1-5H,6-7H2. The Bertz CT molecular complexity index is 342. The molecule has 0 heterocycles. The molecule has 0 radical (unpaired) electrons. The van der Waals surface area contributed by atoms with Gasteiger partial charge in [-0.2, -0.15) is 0 Å². The molecule has 0 spiro atoms. The molecule has 0 unspecified atom stereocenters. The van der Waals surface area contributed by atoms with Crippen LogP contribution in [0.25, 0.3) is 0 Å². The summed E-state index contributed by atoms with van der Waals surface area (Å²) in [6, 6.07) is 9.11. The number of para-hydroxylation sites is 1. The van der Waals surface area contributed by atoms with Crippen LogP contribution in [-0.2, 0) is 9.59 Å². The predicted molar refractivity (Wildman–Crippen MR) is 49.7 cm³/mol. The number of isocyanates is 1. The molecule has 0 bridgehead atoms. The van der Waals surface area contributed by atoms with Gasteiger partial charge in [-0.1, -0.05) is 18.2 Å². The van der Waals surface area contributed by atoms with Gasteiger partial charge in [0, 0.05) is 0 Å². The van der Waals surface area contributed by atoms with E-state index >= 15 is 0 Å². The lowest BCUT2D eigenvalue weighted by atomic mass is 10.3. The van der Waals surface area contributed by atoms with Crippen LogP contribution in [0.5, 0.6) is 5.75 Å². The SMILES string of the molecule is O=C=NC(=O)CCOc1ccccc1. The second-order valence-electron chi connectivity index (χ2n) is 2.51. The number of hydrogen-bond acceptors (Lipinski definition) is 3. The Morgan fingerprint density at radius 2 is 2.07 bits per heavy atom. The van der Waals surface area contributed by atoms with Gasteiger partial charge in [-0.3, -0.25) is 4.79 Å². The summed E-state index contributed by atoms with van der Waals surface area (Å²) in [6.45, 7) is 0.216. The second-order valence-corrected chi connectivity index (χ2v) is 2.51. The van der Waals surface area contributed by atoms with Crippen molar-refractivity contribution in [1.82, 2.24) is 0 Å². The van der Waals surface area contributed by atoms with Crippen molar-refractivity contribution in [2.45, 2.75) is 6.42 Å². The Morgan fingerprint density at radius 1 is 1.36 bits per heavy atom. The van der Waals surface area contributed by atoms with Gasteiger partial charge in [-0.05, 0) is 12.1 Å². The summed E-state index contributed by atoms with van der Waals surface area (Å²) in [5.74, 6) is 0.173. The number of hydrogen-bond donors (Lipinski definition) is 0. The molecule has 0 aliphatic carbocycles. The van der Waals surface area contributed by atoms with Gasteiger partial charge in [0.05, 0.1) is 13.0 Å². The smallest absolute Gasteiger partial charge is 0.259 e. The van der Waals surface area contributed by atoms with Gasteiger partial charge in [0.1, 0.15) is 5.75 Å². The van der Waals surface area contributed by atoms with Crippen molar-refractivity contribution >= 4 is 12.0 Å². The average molecular weight is 191 g/mol. The largest absolute Gasteiger partial charge is 0.493 e. The van der Waals surface area contributed by atoms with E-state index in [1.807, 2.05) is 18.2 Å². The molecule has 0 aromatic heterocycles. The van der Waals surface area contributed by atoms with E-state index in [2.05, 4.69) is 4.99 Å². The molecule has 1 amide bonds. The van der Waals surface area contributed by atoms with Crippen molar-refractivity contribution in [3.8, 4) is 5.75 Å². The lowest BCUT2D eigenvalue weighted by Crippen LogP contribution is -2.03. The van der Waals surface area contributed by atoms with Crippen LogP contribution in [0.2, 0.25) is 0 Å². The minimum atomic E-state index is -0.518. The fourth-order valence-corrected chi connectivity index (χ4v) is 0.880. The Hall–Kier alpha value is -1.93. The van der Waals surface area contributed by atoms with Gasteiger partial charge in [-0.25, -0.2) is 4.79 Å². The Kier molecular flexibility index (Phi) is 4.11. The minimum Gasteiger partial charge on any atom is -0.493 e. The zero-order valence-corrected chi connectivity index (χ0v) is 7.47. The molecule has 0 saturated heterocycles. The van der Waals surface area contributed by atoms with E-state index < -0.39 is 5.91 Å². The predicted octanol–water partition coefficient (Wildman–Crippen LogP) is 1.32. The zero-order valence-electron chi connectivity index (χ0n) is 7.47. The van der Waals surface area contributed by atoms with Crippen LogP contribution in [0.15, 0.2) is 35.3 Å². The Labute approximate surface area is 81.2 Å². The van der Waals surface area contributed by atoms with E-state index in [4.69, 9.17) is 4.74 Å². The van der Waals surface area contributed by atoms with Gasteiger partial charge >= 0.3 is 0 Å². The molecule has 0 N–H and O–H groups in total. The Morgan fingerprint density at radius 3 is 2.71 bits per heavy atom. The van der Waals surface area contributed by atoms with Crippen molar-refractivity contribution < 1.29 is 14.3 Å². The molecule has 0 aliphatic rings. The lowest BCUT2D eigenvalue weighted by molar-refractivity contribution is -0.118. The van der Waals surface area contributed by atoms with Crippen molar-refractivity contribution in [2.75, 3.05) is 6.61 Å². The maximum absolute atomic E-state index is 10.7. The quantitative estimate of drug-likeness (QED) is 0.532. The maximum atomic E-state index is 10.7. The summed E-state index contributed by atoms with van der Waals surface area (Å²) in [5.41, 5.74) is 0. The van der Waals surface area contributed by atoms with Crippen LogP contribution < -0.4 is 4.74 Å². The van der Waals surface area contributed by atoms with E-state index in [1.165, 1.54) is 6.08 Å². The molecule has 0 fully saturated rings. The first-order valence-electron chi connectivity index (χ1n) is 4.11. The Balaban J connectivity index is 2.29. The summed E-state index contributed by atoms with van der Waals surface area (Å²) < 4.78 is 5.21. The summed E-state index contributed by atoms with van der Waals surface area (Å²) in [4.78, 5) is 23.4. The summed E-state index contributed by atoms with van der Waals surface area (Å²) in [5, 5.41) is 0. The minimum absolute atomic E-state index is 0.0874. The number of rotatable bonds is 4. The maximum Gasteiger partial charge on any atom is 0.259 e. The van der Waals surface area contributed by atoms with Crippen molar-refractivity contribution in [3.05, 3.63) is 30.3 Å². The fraction of sp³-hybridized carbons (Fsp3) is 0.200. The van der Waals surface area contributed by atoms with Crippen molar-refractivity contribution in [3.63, 3.8) is 0 Å². The molecule has 0 aliphatic heterocycles. The van der Waals surface area contributed by atoms with Crippen molar-refractivity contribution in [1.29, 1.82) is 0 Å². The number of aliphatic imine (C=N–C) groups is 1. The molecule has 1 rings (SSSR count). The molecule has 0 atom stereocenters. The van der Waals surface area contributed by atoms with Crippen LogP contribution in [-0.4, -0.2) is 18.6 Å². The molecular weight excluding hydrogens is 182 g/mol. The first-order chi connectivity index (χ1) is 6.83. The third kappa shape index (κ3) is 3.65. The number of nitrogens with zero attached hydrogens (tertiary/aromatic N) is 1. The van der Waals surface area contributed by atoms with Gasteiger partial charge < -0.3 is 4.74 Å². The molecule has 72 valence electrons. The van der Waals surface area contributed by atoms with Gasteiger partial charge in [0.25, 0.3) is 5.91 Å². The number of amides is 1. The van der Waals surface area contributed by atoms with Crippen LogP contribution >= 0.6 is 0 Å². The summed E-state index contributed by atoms with van der Waals surface area (Å²) >= 11 is 0. The molecule has 4 nitrogen and oxygen atoms in total. The highest BCUT2D eigenvalue weighted by atomic mass is 16.5. The lowest BCUT2D eigenvalue weighted by Gasteiger charge is -2.02. The third-order valence-electron chi connectivity index (χ3n) is 1.50. The normalized spacial score (nSPS) is 8.86. The van der Waals surface area contributed by atoms with E-state index in [0.29, 0.717) is 5.75 Å². The van der Waals surface area contributed by atoms with E-state index in [0.717, 1.165) is 0 Å². The molecule has 1 aromatic rings. The van der Waals surface area contributed by atoms with Gasteiger partial charge in [0.15, 0.2) is 0 Å². The number of benzene rings is 1. The van der Waals surface area contributed by atoms with Gasteiger partial charge in [0.2, 0.25) is 6.08 Å². The number of carbonyl (C=O) groups is 1. The van der Waals surface area contributed by atoms with Crippen LogP contribution in [0, 0.1) is 0 Å². The summed E-state index contributed by atoms with van der Waals surface area (Å²) in [7, 11) is 0. The van der Waals surface area contributed by atoms with Gasteiger partial charge in [-0.15, -0.1) is 4.99 Å². The summed E-state index contributed by atoms with van der Waals surface area (Å²) in [6.07, 6.45) is 1.27. The van der Waals surface area contributed by atoms with E-state index in [9.17, 15) is 9.59 Å². The molecular formula is C10H9NO3. The topological polar surface area (TPSA) is 55.7 Å². The van der Waals surface area contributed by atoms with Crippen LogP contribution in [0.1, 0.15) is 6.42 Å². The van der Waals surface area contributed by atoms with Crippen molar-refractivity contribution in [2.24, 2.45) is 4.99 Å². The zero-order chi connectivity index (χ0) is 10.2. The molecule has 14 heavy (non-hydrogen) atoms. The number of ether oxygens (including phenoxy) is 1. The fourth-order valence-electron chi connectivity index (χ4n) is 0.880. The van der Waals surface area contributed by atoms with Crippen LogP contribution in [0.4, 0.5) is 0 Å². The highest BCUT2D eigenvalue weighted by Gasteiger charge is 1.98. The highest BCUT2D eigenvalue weighted by Crippen LogP contribution is 2.08. The van der Waals surface area contributed by atoms with E-state index in [1.54, 1.807) is 12.1 Å². The van der Waals surface area contributed by atoms with Crippen LogP contribution in [0.3, 0.4) is 0 Å². The second kappa shape index (κ2) is 5.67. The first kappa shape index (κ1) is 10.2. The first-order valence-corrected chi connectivity index (χ1v) is 4.11. The average Bonchev–Trinajstić information content (AvgIpc) is 2.20. The molecule has 1 aromatic carbocycles. The highest BCUT2D eigenvalue weighted by molar-refractivity contribution is 5.81. The van der Waals surface area contributed by atoms with E-state index in [-0.39, 0.29) is 13.0 Å². The third-order valence-corrected chi connectivity index (χ3v) is 1.50. The molecule has 4 heteroatoms.